The van der Waals surface area contributed by atoms with Gasteiger partial charge >= 0.3 is 0 Å². The Morgan fingerprint density at radius 1 is 0.514 bits per heavy atom. The lowest BCUT2D eigenvalue weighted by atomic mass is 9.67. The first-order chi connectivity index (χ1) is 17.9. The third kappa shape index (κ3) is 3.05. The molecule has 0 spiro atoms. The van der Waals surface area contributed by atoms with Crippen LogP contribution in [-0.2, 0) is 10.8 Å². The number of nitrogens with zero attached hydrogens (tertiary/aromatic N) is 4. The number of aromatic nitrogens is 3. The summed E-state index contributed by atoms with van der Waals surface area (Å²) >= 11 is 0. The number of para-hydroxylation sites is 1. The standard InChI is InChI=1S/C33H28N4/c1-32(2)22-13-10-14-23-29(22)37(30-24(32)16-18-26(35-30)21-11-6-5-7-12-21)31-25(33(23,3)4)17-19-28(36-31)27-15-8-9-20-34-27/h5-20H,1-4H3. The number of fused-ring (bicyclic) bond motifs is 4. The molecule has 0 saturated heterocycles. The highest BCUT2D eigenvalue weighted by atomic mass is 15.3. The van der Waals surface area contributed by atoms with Crippen molar-refractivity contribution >= 4 is 17.3 Å². The zero-order valence-corrected chi connectivity index (χ0v) is 21.5. The van der Waals surface area contributed by atoms with E-state index in [0.717, 1.165) is 34.3 Å². The van der Waals surface area contributed by atoms with E-state index >= 15 is 0 Å². The van der Waals surface area contributed by atoms with E-state index in [9.17, 15) is 0 Å². The van der Waals surface area contributed by atoms with Crippen LogP contribution in [0.1, 0.15) is 49.9 Å². The Hall–Kier alpha value is -4.31. The molecule has 2 aliphatic heterocycles. The molecular formula is C33H28N4. The van der Waals surface area contributed by atoms with Crippen molar-refractivity contribution in [3.8, 4) is 22.6 Å². The maximum Gasteiger partial charge on any atom is 0.143 e. The Morgan fingerprint density at radius 3 is 1.73 bits per heavy atom. The van der Waals surface area contributed by atoms with Gasteiger partial charge < -0.3 is 0 Å². The van der Waals surface area contributed by atoms with E-state index in [4.69, 9.17) is 9.97 Å². The largest absolute Gasteiger partial charge is 0.278 e. The molecule has 0 N–H and O–H groups in total. The van der Waals surface area contributed by atoms with E-state index in [0.29, 0.717) is 0 Å². The highest BCUT2D eigenvalue weighted by Crippen LogP contribution is 2.59. The van der Waals surface area contributed by atoms with Gasteiger partial charge in [-0.2, -0.15) is 0 Å². The van der Waals surface area contributed by atoms with Crippen molar-refractivity contribution in [1.82, 2.24) is 15.0 Å². The predicted molar refractivity (Wildman–Crippen MR) is 150 cm³/mol. The minimum absolute atomic E-state index is 0.203. The molecule has 0 bridgehead atoms. The fourth-order valence-electron chi connectivity index (χ4n) is 6.04. The first-order valence-corrected chi connectivity index (χ1v) is 12.8. The average Bonchev–Trinajstić information content (AvgIpc) is 2.93. The summed E-state index contributed by atoms with van der Waals surface area (Å²) in [6, 6.07) is 31.8. The van der Waals surface area contributed by atoms with Crippen molar-refractivity contribution in [1.29, 1.82) is 0 Å². The summed E-state index contributed by atoms with van der Waals surface area (Å²) in [5.41, 5.74) is 9.59. The smallest absolute Gasteiger partial charge is 0.143 e. The Morgan fingerprint density at radius 2 is 1.11 bits per heavy atom. The predicted octanol–water partition coefficient (Wildman–Crippen LogP) is 7.95. The van der Waals surface area contributed by atoms with E-state index in [2.05, 4.69) is 104 Å². The molecule has 0 radical (unpaired) electrons. The number of benzene rings is 2. The van der Waals surface area contributed by atoms with Crippen LogP contribution in [0.15, 0.2) is 97.2 Å². The van der Waals surface area contributed by atoms with Gasteiger partial charge in [-0.1, -0.05) is 94.4 Å². The minimum atomic E-state index is -0.211. The highest BCUT2D eigenvalue weighted by molar-refractivity contribution is 5.91. The first-order valence-electron chi connectivity index (χ1n) is 12.8. The third-order valence-electron chi connectivity index (χ3n) is 8.12. The molecule has 4 nitrogen and oxygen atoms in total. The van der Waals surface area contributed by atoms with Crippen LogP contribution in [0.5, 0.6) is 0 Å². The lowest BCUT2D eigenvalue weighted by Crippen LogP contribution is -2.39. The van der Waals surface area contributed by atoms with E-state index in [1.807, 2.05) is 30.5 Å². The second kappa shape index (κ2) is 7.59. The van der Waals surface area contributed by atoms with Crippen molar-refractivity contribution in [2.45, 2.75) is 38.5 Å². The molecule has 0 atom stereocenters. The van der Waals surface area contributed by atoms with Gasteiger partial charge in [-0.3, -0.25) is 9.88 Å². The molecule has 5 aromatic rings. The molecule has 3 aromatic heterocycles. The van der Waals surface area contributed by atoms with E-state index in [1.165, 1.54) is 27.9 Å². The monoisotopic (exact) mass is 480 g/mol. The molecular weight excluding hydrogens is 452 g/mol. The van der Waals surface area contributed by atoms with Crippen LogP contribution in [0.25, 0.3) is 22.6 Å². The molecule has 0 aliphatic carbocycles. The molecule has 0 saturated carbocycles. The molecule has 0 amide bonds. The maximum absolute atomic E-state index is 5.32. The molecule has 0 unspecified atom stereocenters. The Labute approximate surface area is 217 Å². The Bertz CT molecular complexity index is 1550. The van der Waals surface area contributed by atoms with Crippen molar-refractivity contribution in [3.63, 3.8) is 0 Å². The van der Waals surface area contributed by atoms with Gasteiger partial charge in [-0.15, -0.1) is 0 Å². The van der Waals surface area contributed by atoms with E-state index in [-0.39, 0.29) is 10.8 Å². The topological polar surface area (TPSA) is 41.9 Å². The third-order valence-corrected chi connectivity index (χ3v) is 8.12. The van der Waals surface area contributed by atoms with Gasteiger partial charge in [0.2, 0.25) is 0 Å². The summed E-state index contributed by atoms with van der Waals surface area (Å²) in [4.78, 5) is 17.5. The normalized spacial score (nSPS) is 15.9. The molecule has 0 fully saturated rings. The molecule has 4 heteroatoms. The summed E-state index contributed by atoms with van der Waals surface area (Å²) in [7, 11) is 0. The van der Waals surface area contributed by atoms with Gasteiger partial charge in [0.25, 0.3) is 0 Å². The molecule has 5 heterocycles. The second-order valence-electron chi connectivity index (χ2n) is 11.0. The second-order valence-corrected chi connectivity index (χ2v) is 11.0. The van der Waals surface area contributed by atoms with Crippen LogP contribution in [-0.4, -0.2) is 15.0 Å². The molecule has 180 valence electrons. The number of hydrogen-bond donors (Lipinski definition) is 0. The van der Waals surface area contributed by atoms with E-state index < -0.39 is 0 Å². The summed E-state index contributed by atoms with van der Waals surface area (Å²) in [5, 5.41) is 0. The van der Waals surface area contributed by atoms with Crippen LogP contribution in [0.3, 0.4) is 0 Å². The van der Waals surface area contributed by atoms with Crippen LogP contribution in [0.2, 0.25) is 0 Å². The van der Waals surface area contributed by atoms with Gasteiger partial charge in [0.05, 0.1) is 22.8 Å². The van der Waals surface area contributed by atoms with Crippen LogP contribution >= 0.6 is 0 Å². The summed E-state index contributed by atoms with van der Waals surface area (Å²) in [6.45, 7) is 9.22. The Balaban J connectivity index is 1.55. The quantitative estimate of drug-likeness (QED) is 0.257. The molecule has 2 aliphatic rings. The number of rotatable bonds is 2. The van der Waals surface area contributed by atoms with Crippen molar-refractivity contribution in [2.75, 3.05) is 4.90 Å². The minimum Gasteiger partial charge on any atom is -0.278 e. The Kier molecular flexibility index (Phi) is 4.50. The number of pyridine rings is 3. The number of hydrogen-bond acceptors (Lipinski definition) is 4. The van der Waals surface area contributed by atoms with Crippen LogP contribution in [0.4, 0.5) is 17.3 Å². The maximum atomic E-state index is 5.32. The van der Waals surface area contributed by atoms with Crippen molar-refractivity contribution in [3.05, 3.63) is 119 Å². The fourth-order valence-corrected chi connectivity index (χ4v) is 6.04. The van der Waals surface area contributed by atoms with E-state index in [1.54, 1.807) is 0 Å². The number of anilines is 3. The zero-order valence-electron chi connectivity index (χ0n) is 21.5. The SMILES string of the molecule is CC1(C)c2ccc(-c3ccccc3)nc2N2c3nc(-c4ccccn4)ccc3C(C)(C)c3cccc1c32. The van der Waals surface area contributed by atoms with Gasteiger partial charge in [-0.25, -0.2) is 9.97 Å². The molecule has 7 rings (SSSR count). The lowest BCUT2D eigenvalue weighted by molar-refractivity contribution is 0.591. The summed E-state index contributed by atoms with van der Waals surface area (Å²) in [5.74, 6) is 1.89. The van der Waals surface area contributed by atoms with Crippen molar-refractivity contribution in [2.24, 2.45) is 0 Å². The fraction of sp³-hybridized carbons (Fsp3) is 0.182. The average molecular weight is 481 g/mol. The van der Waals surface area contributed by atoms with Gasteiger partial charge in [0, 0.05) is 33.7 Å². The zero-order chi connectivity index (χ0) is 25.4. The van der Waals surface area contributed by atoms with Crippen LogP contribution < -0.4 is 4.90 Å². The van der Waals surface area contributed by atoms with Gasteiger partial charge in [0.15, 0.2) is 0 Å². The summed E-state index contributed by atoms with van der Waals surface area (Å²) < 4.78 is 0. The summed E-state index contributed by atoms with van der Waals surface area (Å²) in [6.07, 6.45) is 1.82. The molecule has 2 aromatic carbocycles. The van der Waals surface area contributed by atoms with Crippen LogP contribution in [0, 0.1) is 0 Å². The van der Waals surface area contributed by atoms with Gasteiger partial charge in [0.1, 0.15) is 11.6 Å². The molecule has 37 heavy (non-hydrogen) atoms. The first kappa shape index (κ1) is 21.9. The highest BCUT2D eigenvalue weighted by Gasteiger charge is 2.46. The van der Waals surface area contributed by atoms with Crippen molar-refractivity contribution < 1.29 is 0 Å². The lowest BCUT2D eigenvalue weighted by Gasteiger charge is -2.48. The van der Waals surface area contributed by atoms with Gasteiger partial charge in [-0.05, 0) is 35.4 Å².